The fraction of sp³-hybridized carbons (Fsp3) is 0.143. The van der Waals surface area contributed by atoms with Gasteiger partial charge in [0.25, 0.3) is 0 Å². The standard InChI is InChI=1S/C14H12Cl2O2/c1-9-7-11(5-6-12(9)15)18-14-10(8-17)3-2-4-13(14)16/h2-7,17H,8H2,1H3. The minimum atomic E-state index is -0.123. The van der Waals surface area contributed by atoms with Crippen molar-refractivity contribution in [2.75, 3.05) is 0 Å². The van der Waals surface area contributed by atoms with Crippen molar-refractivity contribution in [2.45, 2.75) is 13.5 Å². The second-order valence-electron chi connectivity index (χ2n) is 3.90. The molecule has 0 fully saturated rings. The highest BCUT2D eigenvalue weighted by Gasteiger charge is 2.09. The van der Waals surface area contributed by atoms with Gasteiger partial charge in [0, 0.05) is 10.6 Å². The Balaban J connectivity index is 2.36. The zero-order valence-corrected chi connectivity index (χ0v) is 11.3. The Hall–Kier alpha value is -1.22. The van der Waals surface area contributed by atoms with Crippen molar-refractivity contribution >= 4 is 23.2 Å². The monoisotopic (exact) mass is 282 g/mol. The van der Waals surface area contributed by atoms with E-state index in [-0.39, 0.29) is 6.61 Å². The summed E-state index contributed by atoms with van der Waals surface area (Å²) in [6.45, 7) is 1.78. The van der Waals surface area contributed by atoms with Gasteiger partial charge in [-0.2, -0.15) is 0 Å². The summed E-state index contributed by atoms with van der Waals surface area (Å²) >= 11 is 12.0. The molecule has 18 heavy (non-hydrogen) atoms. The highest BCUT2D eigenvalue weighted by Crippen LogP contribution is 2.34. The molecule has 2 aromatic carbocycles. The van der Waals surface area contributed by atoms with E-state index in [0.29, 0.717) is 27.1 Å². The van der Waals surface area contributed by atoms with Gasteiger partial charge in [-0.05, 0) is 36.8 Å². The molecule has 94 valence electrons. The van der Waals surface area contributed by atoms with Crippen molar-refractivity contribution in [3.8, 4) is 11.5 Å². The summed E-state index contributed by atoms with van der Waals surface area (Å²) in [6.07, 6.45) is 0. The zero-order chi connectivity index (χ0) is 13.1. The van der Waals surface area contributed by atoms with Crippen LogP contribution in [0.2, 0.25) is 10.0 Å². The number of rotatable bonds is 3. The van der Waals surface area contributed by atoms with Gasteiger partial charge in [0.2, 0.25) is 0 Å². The Morgan fingerprint density at radius 3 is 2.56 bits per heavy atom. The molecule has 2 aromatic rings. The first-order valence-electron chi connectivity index (χ1n) is 5.44. The van der Waals surface area contributed by atoms with Crippen molar-refractivity contribution in [2.24, 2.45) is 0 Å². The molecule has 0 atom stereocenters. The Kier molecular flexibility index (Phi) is 4.12. The van der Waals surface area contributed by atoms with E-state index in [9.17, 15) is 5.11 Å². The molecule has 2 rings (SSSR count). The molecule has 0 unspecified atom stereocenters. The molecule has 4 heteroatoms. The Morgan fingerprint density at radius 1 is 1.11 bits per heavy atom. The summed E-state index contributed by atoms with van der Waals surface area (Å²) in [5.74, 6) is 1.11. The van der Waals surface area contributed by atoms with E-state index in [1.165, 1.54) is 0 Å². The van der Waals surface area contributed by atoms with Gasteiger partial charge in [0.05, 0.1) is 11.6 Å². The van der Waals surface area contributed by atoms with Gasteiger partial charge < -0.3 is 9.84 Å². The van der Waals surface area contributed by atoms with E-state index in [2.05, 4.69) is 0 Å². The van der Waals surface area contributed by atoms with Crippen LogP contribution in [0.1, 0.15) is 11.1 Å². The number of benzene rings is 2. The highest BCUT2D eigenvalue weighted by atomic mass is 35.5. The Bertz CT molecular complexity index is 568. The van der Waals surface area contributed by atoms with Gasteiger partial charge in [-0.15, -0.1) is 0 Å². The maximum Gasteiger partial charge on any atom is 0.151 e. The summed E-state index contributed by atoms with van der Waals surface area (Å²) in [5.41, 5.74) is 1.57. The predicted octanol–water partition coefficient (Wildman–Crippen LogP) is 4.59. The Morgan fingerprint density at radius 2 is 1.89 bits per heavy atom. The molecule has 0 radical (unpaired) electrons. The molecule has 0 aromatic heterocycles. The highest BCUT2D eigenvalue weighted by molar-refractivity contribution is 6.32. The van der Waals surface area contributed by atoms with Gasteiger partial charge in [-0.3, -0.25) is 0 Å². The van der Waals surface area contributed by atoms with E-state index >= 15 is 0 Å². The lowest BCUT2D eigenvalue weighted by atomic mass is 10.2. The number of para-hydroxylation sites is 1. The second-order valence-corrected chi connectivity index (χ2v) is 4.71. The average molecular weight is 283 g/mol. The summed E-state index contributed by atoms with van der Waals surface area (Å²) in [4.78, 5) is 0. The van der Waals surface area contributed by atoms with Crippen molar-refractivity contribution < 1.29 is 9.84 Å². The van der Waals surface area contributed by atoms with E-state index in [1.54, 1.807) is 30.3 Å². The fourth-order valence-electron chi connectivity index (χ4n) is 1.59. The topological polar surface area (TPSA) is 29.5 Å². The van der Waals surface area contributed by atoms with Crippen molar-refractivity contribution in [1.82, 2.24) is 0 Å². The van der Waals surface area contributed by atoms with Crippen LogP contribution >= 0.6 is 23.2 Å². The molecular formula is C14H12Cl2O2. The lowest BCUT2D eigenvalue weighted by Crippen LogP contribution is -1.93. The number of halogens is 2. The largest absolute Gasteiger partial charge is 0.455 e. The quantitative estimate of drug-likeness (QED) is 0.893. The summed E-state index contributed by atoms with van der Waals surface area (Å²) in [5, 5.41) is 10.4. The number of hydrogen-bond donors (Lipinski definition) is 1. The third-order valence-corrected chi connectivity index (χ3v) is 3.29. The van der Waals surface area contributed by atoms with Crippen LogP contribution in [0.3, 0.4) is 0 Å². The van der Waals surface area contributed by atoms with Crippen molar-refractivity contribution in [3.63, 3.8) is 0 Å². The molecule has 0 aliphatic carbocycles. The Labute approximate surface area is 116 Å². The van der Waals surface area contributed by atoms with Crippen LogP contribution < -0.4 is 4.74 Å². The molecule has 0 spiro atoms. The van der Waals surface area contributed by atoms with Gasteiger partial charge in [-0.25, -0.2) is 0 Å². The normalized spacial score (nSPS) is 10.4. The molecule has 0 aliphatic rings. The lowest BCUT2D eigenvalue weighted by molar-refractivity contribution is 0.276. The number of hydrogen-bond acceptors (Lipinski definition) is 2. The maximum absolute atomic E-state index is 9.26. The van der Waals surface area contributed by atoms with Gasteiger partial charge >= 0.3 is 0 Å². The number of aryl methyl sites for hydroxylation is 1. The van der Waals surface area contributed by atoms with Crippen LogP contribution in [-0.4, -0.2) is 5.11 Å². The third kappa shape index (κ3) is 2.78. The molecule has 2 nitrogen and oxygen atoms in total. The smallest absolute Gasteiger partial charge is 0.151 e. The lowest BCUT2D eigenvalue weighted by Gasteiger charge is -2.12. The van der Waals surface area contributed by atoms with Gasteiger partial charge in [-0.1, -0.05) is 35.3 Å². The van der Waals surface area contributed by atoms with Crippen LogP contribution in [0.5, 0.6) is 11.5 Å². The minimum absolute atomic E-state index is 0.123. The average Bonchev–Trinajstić information content (AvgIpc) is 2.36. The molecule has 0 saturated heterocycles. The summed E-state index contributed by atoms with van der Waals surface area (Å²) in [6, 6.07) is 10.6. The van der Waals surface area contributed by atoms with Gasteiger partial charge in [0.1, 0.15) is 5.75 Å². The number of aliphatic hydroxyl groups excluding tert-OH is 1. The first-order chi connectivity index (χ1) is 8.61. The second kappa shape index (κ2) is 5.61. The number of aliphatic hydroxyl groups is 1. The molecule has 0 bridgehead atoms. The molecule has 0 amide bonds. The predicted molar refractivity (Wildman–Crippen MR) is 73.6 cm³/mol. The first-order valence-corrected chi connectivity index (χ1v) is 6.19. The zero-order valence-electron chi connectivity index (χ0n) is 9.78. The number of ether oxygens (including phenoxy) is 1. The van der Waals surface area contributed by atoms with Crippen LogP contribution in [-0.2, 0) is 6.61 Å². The van der Waals surface area contributed by atoms with Crippen LogP contribution in [0, 0.1) is 6.92 Å². The summed E-state index contributed by atoms with van der Waals surface area (Å²) < 4.78 is 5.72. The van der Waals surface area contributed by atoms with Gasteiger partial charge in [0.15, 0.2) is 5.75 Å². The third-order valence-electron chi connectivity index (χ3n) is 2.57. The SMILES string of the molecule is Cc1cc(Oc2c(Cl)cccc2CO)ccc1Cl. The maximum atomic E-state index is 9.26. The first kappa shape index (κ1) is 13.2. The van der Waals surface area contributed by atoms with Crippen LogP contribution in [0.25, 0.3) is 0 Å². The molecule has 0 saturated carbocycles. The molecule has 0 heterocycles. The minimum Gasteiger partial charge on any atom is -0.455 e. The molecule has 0 aliphatic heterocycles. The van der Waals surface area contributed by atoms with E-state index in [4.69, 9.17) is 27.9 Å². The fourth-order valence-corrected chi connectivity index (χ4v) is 1.94. The summed E-state index contributed by atoms with van der Waals surface area (Å²) in [7, 11) is 0. The van der Waals surface area contributed by atoms with Crippen LogP contribution in [0.15, 0.2) is 36.4 Å². The van der Waals surface area contributed by atoms with Crippen LogP contribution in [0.4, 0.5) is 0 Å². The van der Waals surface area contributed by atoms with Crippen molar-refractivity contribution in [3.05, 3.63) is 57.6 Å². The molecule has 1 N–H and O–H groups in total. The van der Waals surface area contributed by atoms with E-state index in [0.717, 1.165) is 5.56 Å². The van der Waals surface area contributed by atoms with E-state index < -0.39 is 0 Å². The molecular weight excluding hydrogens is 271 g/mol. The van der Waals surface area contributed by atoms with Crippen molar-refractivity contribution in [1.29, 1.82) is 0 Å². The van der Waals surface area contributed by atoms with E-state index in [1.807, 2.05) is 13.0 Å².